The van der Waals surface area contributed by atoms with Gasteiger partial charge >= 0.3 is 23.5 Å². The summed E-state index contributed by atoms with van der Waals surface area (Å²) >= 11 is 0.923. The molecule has 0 spiro atoms. The van der Waals surface area contributed by atoms with Crippen molar-refractivity contribution in [3.8, 4) is 0 Å². The Morgan fingerprint density at radius 1 is 0.851 bits per heavy atom. The molecule has 2 amide bonds. The van der Waals surface area contributed by atoms with Gasteiger partial charge in [-0.2, -0.15) is 4.31 Å². The first-order valence-corrected chi connectivity index (χ1v) is 29.6. The van der Waals surface area contributed by atoms with E-state index in [1.54, 1.807) is 0 Å². The number of imidazole rings is 1. The number of carbonyl (C=O) groups is 4. The number of phosphoric ester groups is 3. The van der Waals surface area contributed by atoms with Crippen molar-refractivity contribution in [1.82, 2.24) is 30.2 Å². The van der Waals surface area contributed by atoms with Gasteiger partial charge in [-0.3, -0.25) is 37.3 Å². The molecule has 29 heteroatoms. The molecular weight excluding hydrogens is 1050 g/mol. The first-order valence-electron chi connectivity index (χ1n) is 24.1. The molecule has 416 valence electrons. The van der Waals surface area contributed by atoms with Gasteiger partial charge in [-0.15, -0.1) is 0 Å². The summed E-state index contributed by atoms with van der Waals surface area (Å²) in [7, 11) is -16.5. The molecule has 10 N–H and O–H groups in total. The number of anilines is 1. The number of fused-ring (bicyclic) bond motifs is 1. The molecule has 74 heavy (non-hydrogen) atoms. The van der Waals surface area contributed by atoms with E-state index in [1.807, 2.05) is 0 Å². The minimum atomic E-state index is -5.60. The van der Waals surface area contributed by atoms with Gasteiger partial charge in [0.05, 0.1) is 26.0 Å². The summed E-state index contributed by atoms with van der Waals surface area (Å²) in [6, 6.07) is 0. The Labute approximate surface area is 434 Å². The fraction of sp³-hybridized carbons (Fsp3) is 0.622. The van der Waals surface area contributed by atoms with Gasteiger partial charge in [-0.25, -0.2) is 28.6 Å². The number of ether oxygens (including phenoxy) is 1. The third-order valence-corrected chi connectivity index (χ3v) is 14.9. The van der Waals surface area contributed by atoms with Crippen LogP contribution in [0.15, 0.2) is 61.3 Å². The van der Waals surface area contributed by atoms with E-state index in [0.29, 0.717) is 12.8 Å². The number of nitrogens with one attached hydrogen (secondary N) is 2. The van der Waals surface area contributed by atoms with E-state index in [2.05, 4.69) is 90.0 Å². The summed E-state index contributed by atoms with van der Waals surface area (Å²) in [4.78, 5) is 101. The molecule has 1 aliphatic heterocycles. The quantitative estimate of drug-likeness (QED) is 0.0173. The monoisotopic (exact) mass is 1120 g/mol. The highest BCUT2D eigenvalue weighted by molar-refractivity contribution is 8.13. The van der Waals surface area contributed by atoms with Gasteiger partial charge in [0, 0.05) is 37.1 Å². The number of rotatable bonds is 37. The highest BCUT2D eigenvalue weighted by Gasteiger charge is 2.50. The van der Waals surface area contributed by atoms with Crippen molar-refractivity contribution in [1.29, 1.82) is 0 Å². The fourth-order valence-electron chi connectivity index (χ4n) is 6.92. The molecule has 2 aromatic heterocycles. The minimum Gasteiger partial charge on any atom is -0.386 e. The predicted octanol–water partition coefficient (Wildman–Crippen LogP) is 5.55. The maximum atomic E-state index is 12.8. The number of aliphatic hydroxyl groups is 2. The van der Waals surface area contributed by atoms with E-state index in [9.17, 15) is 62.7 Å². The zero-order valence-corrected chi connectivity index (χ0v) is 45.3. The Balaban J connectivity index is 1.27. The Kier molecular flexibility index (Phi) is 28.5. The third kappa shape index (κ3) is 24.9. The third-order valence-electron chi connectivity index (χ3n) is 10.9. The number of aliphatic hydroxyl groups excluding tert-OH is 2. The van der Waals surface area contributed by atoms with E-state index >= 15 is 0 Å². The molecule has 1 saturated heterocycles. The van der Waals surface area contributed by atoms with Crippen molar-refractivity contribution in [2.24, 2.45) is 5.41 Å². The fourth-order valence-corrected chi connectivity index (χ4v) is 10.4. The average molecular weight is 1120 g/mol. The number of nitrogen functional groups attached to an aromatic ring is 1. The van der Waals surface area contributed by atoms with Crippen LogP contribution >= 0.6 is 35.2 Å². The van der Waals surface area contributed by atoms with Crippen molar-refractivity contribution < 1.29 is 85.3 Å². The first-order chi connectivity index (χ1) is 34.9. The molecule has 25 nitrogen and oxygen atoms in total. The second-order valence-electron chi connectivity index (χ2n) is 17.7. The number of nitrogens with zero attached hydrogens (tertiary/aromatic N) is 4. The maximum Gasteiger partial charge on any atom is 0.481 e. The number of aromatic nitrogens is 4. The van der Waals surface area contributed by atoms with E-state index < -0.39 is 84.6 Å². The van der Waals surface area contributed by atoms with E-state index in [1.165, 1.54) is 33.1 Å². The van der Waals surface area contributed by atoms with Crippen LogP contribution in [0.3, 0.4) is 0 Å². The topological polar surface area (TPSA) is 381 Å². The van der Waals surface area contributed by atoms with E-state index in [4.69, 9.17) is 19.5 Å². The van der Waals surface area contributed by atoms with Crippen molar-refractivity contribution in [3.05, 3.63) is 61.3 Å². The molecule has 3 heterocycles. The van der Waals surface area contributed by atoms with Crippen molar-refractivity contribution in [3.63, 3.8) is 0 Å². The normalized spacial score (nSPS) is 19.7. The van der Waals surface area contributed by atoms with Crippen LogP contribution in [-0.4, -0.2) is 128 Å². The number of Topliss-reactive ketones (excluding diaryl/α,β-unsaturated/α-hetero) is 1. The first kappa shape index (κ1) is 64.5. The number of ketones is 1. The Morgan fingerprint density at radius 2 is 1.47 bits per heavy atom. The Hall–Kier alpha value is -3.81. The van der Waals surface area contributed by atoms with Crippen LogP contribution in [0.25, 0.3) is 11.2 Å². The number of carbonyl (C=O) groups excluding carboxylic acids is 4. The molecule has 3 rings (SSSR count). The Bertz CT molecular complexity index is 2380. The average Bonchev–Trinajstić information content (AvgIpc) is 3.89. The second kappa shape index (κ2) is 32.7. The number of thioether (sulfide) groups is 1. The predicted molar refractivity (Wildman–Crippen MR) is 274 cm³/mol. The lowest BCUT2D eigenvalue weighted by Gasteiger charge is -2.30. The molecule has 2 unspecified atom stereocenters. The van der Waals surface area contributed by atoms with Gasteiger partial charge in [0.25, 0.3) is 0 Å². The van der Waals surface area contributed by atoms with Crippen molar-refractivity contribution in [2.45, 2.75) is 141 Å². The van der Waals surface area contributed by atoms with Crippen LogP contribution in [0.1, 0.15) is 117 Å². The van der Waals surface area contributed by atoms with Crippen molar-refractivity contribution in [2.75, 3.05) is 37.8 Å². The standard InChI is InChI=1S/C45H72N7O18P3S/c1-4-5-6-7-8-9-10-11-12-13-14-15-16-17-18-19-20-21-22-23-33(53)28-36(55)74-27-26-47-35(54)24-25-48-43(58)40(57)45(2,3)30-67-73(64,65)70-72(62,63)66-29-34-39(69-71(59,60)61)38(56)44(68-34)52-32-51-37-41(46)49-31-50-42(37)52/h8-9,11-12,14-15,17-18,31-32,34,38-40,44,56-57H,4-7,10,13,16,19-30H2,1-3H3,(H,47,54)(H,48,58)(H,62,63)(H,64,65)(H2,46,49,50)(H2,59,60,61)/b9-8-,12-11-,15-14-,18-17-/t34-,38-,39-,40+,44-/m1/s1. The SMILES string of the molecule is CCCCC/C=C\C/C=C\C/C=C\C/C=C\CCCCCC(=O)CC(=O)SCCNC(=O)CCNC(=O)[C@H](O)C(C)(C)COP(=O)(O)OP(=O)(O)OC[C@H]1O[C@@H](n2cnc3c(N)ncnc32)[C@H](O)[C@@H]1OP(=O)(O)O. The van der Waals surface area contributed by atoms with Gasteiger partial charge < -0.3 is 50.9 Å². The molecule has 2 aromatic rings. The zero-order valence-electron chi connectivity index (χ0n) is 41.8. The number of amides is 2. The number of unbranched alkanes of at least 4 members (excludes halogenated alkanes) is 6. The molecule has 0 aliphatic carbocycles. The molecular formula is C45H72N7O18P3S. The summed E-state index contributed by atoms with van der Waals surface area (Å²) < 4.78 is 62.5. The highest BCUT2D eigenvalue weighted by atomic mass is 32.2. The smallest absolute Gasteiger partial charge is 0.386 e. The Morgan fingerprint density at radius 3 is 2.11 bits per heavy atom. The molecule has 0 bridgehead atoms. The van der Waals surface area contributed by atoms with Gasteiger partial charge in [0.15, 0.2) is 22.8 Å². The minimum absolute atomic E-state index is 0.0240. The molecule has 1 fully saturated rings. The van der Waals surface area contributed by atoms with Gasteiger partial charge in [0.2, 0.25) is 11.8 Å². The number of hydrogen-bond acceptors (Lipinski definition) is 19. The molecule has 0 saturated carbocycles. The lowest BCUT2D eigenvalue weighted by molar-refractivity contribution is -0.137. The van der Waals surface area contributed by atoms with Crippen LogP contribution in [0, 0.1) is 5.41 Å². The molecule has 0 aromatic carbocycles. The zero-order chi connectivity index (χ0) is 54.8. The lowest BCUT2D eigenvalue weighted by Crippen LogP contribution is -2.46. The van der Waals surface area contributed by atoms with Gasteiger partial charge in [-0.05, 0) is 51.4 Å². The van der Waals surface area contributed by atoms with Gasteiger partial charge in [-0.1, -0.05) is 100 Å². The van der Waals surface area contributed by atoms with E-state index in [0.717, 1.165) is 73.9 Å². The summed E-state index contributed by atoms with van der Waals surface area (Å²) in [5.41, 5.74) is 4.24. The summed E-state index contributed by atoms with van der Waals surface area (Å²) in [5.74, 6) is -1.46. The largest absolute Gasteiger partial charge is 0.481 e. The molecule has 1 aliphatic rings. The number of phosphoric acid groups is 3. The molecule has 7 atom stereocenters. The number of nitrogens with two attached hydrogens (primary N) is 1. The van der Waals surface area contributed by atoms with Crippen LogP contribution in [0.2, 0.25) is 0 Å². The highest BCUT2D eigenvalue weighted by Crippen LogP contribution is 2.61. The van der Waals surface area contributed by atoms with Crippen molar-refractivity contribution >= 4 is 74.9 Å². The molecule has 0 radical (unpaired) electrons. The lowest BCUT2D eigenvalue weighted by atomic mass is 9.87. The number of hydrogen-bond donors (Lipinski definition) is 9. The summed E-state index contributed by atoms with van der Waals surface area (Å²) in [6.45, 7) is 2.51. The second-order valence-corrected chi connectivity index (χ2v) is 23.1. The number of allylic oxidation sites excluding steroid dienone is 8. The summed E-state index contributed by atoms with van der Waals surface area (Å²) in [5, 5.41) is 26.2. The maximum absolute atomic E-state index is 12.8. The van der Waals surface area contributed by atoms with Crippen LogP contribution in [-0.2, 0) is 55.5 Å². The summed E-state index contributed by atoms with van der Waals surface area (Å²) in [6.07, 6.45) is 21.7. The van der Waals surface area contributed by atoms with E-state index in [-0.39, 0.29) is 59.6 Å². The van der Waals surface area contributed by atoms with Crippen LogP contribution in [0.5, 0.6) is 0 Å². The van der Waals surface area contributed by atoms with Gasteiger partial charge in [0.1, 0.15) is 42.0 Å². The van der Waals surface area contributed by atoms with Crippen LogP contribution in [0.4, 0.5) is 5.82 Å². The van der Waals surface area contributed by atoms with Crippen LogP contribution < -0.4 is 16.4 Å².